The number of carbonyl (C=O) groups excluding carboxylic acids is 1. The molecule has 0 aliphatic rings. The van der Waals surface area contributed by atoms with Crippen LogP contribution in [0.2, 0.25) is 0 Å². The summed E-state index contributed by atoms with van der Waals surface area (Å²) >= 11 is 0. The molecule has 1 amide bonds. The molecule has 4 rings (SSSR count). The van der Waals surface area contributed by atoms with E-state index in [1.807, 2.05) is 30.3 Å². The van der Waals surface area contributed by atoms with Gasteiger partial charge in [-0.05, 0) is 42.8 Å². The zero-order valence-corrected chi connectivity index (χ0v) is 18.5. The topological polar surface area (TPSA) is 81.1 Å². The van der Waals surface area contributed by atoms with Crippen LogP contribution in [0.25, 0.3) is 10.9 Å². The number of hydrogen-bond donors (Lipinski definition) is 2. The van der Waals surface area contributed by atoms with E-state index in [9.17, 15) is 18.0 Å². The van der Waals surface area contributed by atoms with Crippen molar-refractivity contribution in [3.63, 3.8) is 0 Å². The van der Waals surface area contributed by atoms with Crippen molar-refractivity contribution in [2.24, 2.45) is 0 Å². The summed E-state index contributed by atoms with van der Waals surface area (Å²) < 4.78 is 47.1. The average Bonchev–Trinajstić information content (AvgIpc) is 3.17. The smallest absolute Gasteiger partial charge is 0.370 e. The van der Waals surface area contributed by atoms with Crippen LogP contribution in [0.15, 0.2) is 60.7 Å². The molecule has 7 nitrogen and oxygen atoms in total. The van der Waals surface area contributed by atoms with E-state index in [0.29, 0.717) is 22.7 Å². The summed E-state index contributed by atoms with van der Waals surface area (Å²) in [6, 6.07) is 15.9. The number of anilines is 2. The van der Waals surface area contributed by atoms with Crippen LogP contribution in [0.1, 0.15) is 27.3 Å². The van der Waals surface area contributed by atoms with Crippen molar-refractivity contribution in [2.45, 2.75) is 26.4 Å². The van der Waals surface area contributed by atoms with Crippen LogP contribution in [-0.2, 0) is 24.3 Å². The molecule has 2 heterocycles. The Morgan fingerprint density at radius 3 is 2.53 bits per heavy atom. The molecule has 0 aliphatic heterocycles. The maximum Gasteiger partial charge on any atom is 0.416 e. The third-order valence-electron chi connectivity index (χ3n) is 5.19. The number of rotatable bonds is 7. The highest BCUT2D eigenvalue weighted by atomic mass is 19.4. The standard InChI is InChI=1S/C24H22F3N5O2/c1-15-10-19(22(28-2)31-30-15)29-23(33)21-12-17-11-18(24(25,26)27)8-9-20(17)32(21)14-34-13-16-6-4-3-5-7-16/h3-12H,13-14H2,1-2H3,(H,28,31)(H,29,30,33). The highest BCUT2D eigenvalue weighted by molar-refractivity contribution is 6.07. The van der Waals surface area contributed by atoms with E-state index in [2.05, 4.69) is 20.8 Å². The van der Waals surface area contributed by atoms with Gasteiger partial charge in [-0.1, -0.05) is 30.3 Å². The zero-order valence-electron chi connectivity index (χ0n) is 18.5. The Kier molecular flexibility index (Phi) is 6.51. The third-order valence-corrected chi connectivity index (χ3v) is 5.19. The average molecular weight is 469 g/mol. The van der Waals surface area contributed by atoms with Crippen molar-refractivity contribution >= 4 is 28.3 Å². The molecule has 0 fully saturated rings. The van der Waals surface area contributed by atoms with Gasteiger partial charge in [0, 0.05) is 12.4 Å². The first-order valence-electron chi connectivity index (χ1n) is 10.4. The SMILES string of the molecule is CNc1nnc(C)cc1NC(=O)c1cc2cc(C(F)(F)F)ccc2n1COCc1ccccc1. The van der Waals surface area contributed by atoms with E-state index in [1.165, 1.54) is 12.1 Å². The predicted octanol–water partition coefficient (Wildman–Crippen LogP) is 5.23. The van der Waals surface area contributed by atoms with Gasteiger partial charge >= 0.3 is 6.18 Å². The van der Waals surface area contributed by atoms with Gasteiger partial charge in [0.25, 0.3) is 5.91 Å². The molecule has 0 aliphatic carbocycles. The summed E-state index contributed by atoms with van der Waals surface area (Å²) in [5.41, 5.74) is 1.74. The number of halogens is 3. The van der Waals surface area contributed by atoms with Crippen LogP contribution in [0.4, 0.5) is 24.7 Å². The quantitative estimate of drug-likeness (QED) is 0.388. The molecule has 0 saturated carbocycles. The number of hydrogen-bond acceptors (Lipinski definition) is 5. The van der Waals surface area contributed by atoms with Crippen LogP contribution in [0, 0.1) is 6.92 Å². The van der Waals surface area contributed by atoms with Crippen molar-refractivity contribution in [1.29, 1.82) is 0 Å². The first kappa shape index (κ1) is 23.2. The lowest BCUT2D eigenvalue weighted by Crippen LogP contribution is -2.19. The lowest BCUT2D eigenvalue weighted by Gasteiger charge is -2.14. The van der Waals surface area contributed by atoms with E-state index in [-0.39, 0.29) is 24.4 Å². The molecular weight excluding hydrogens is 447 g/mol. The summed E-state index contributed by atoms with van der Waals surface area (Å²) in [7, 11) is 1.64. The lowest BCUT2D eigenvalue weighted by molar-refractivity contribution is -0.137. The minimum atomic E-state index is -4.50. The first-order chi connectivity index (χ1) is 16.3. The van der Waals surface area contributed by atoms with Crippen molar-refractivity contribution in [3.8, 4) is 0 Å². The van der Waals surface area contributed by atoms with Crippen LogP contribution in [0.5, 0.6) is 0 Å². The highest BCUT2D eigenvalue weighted by Gasteiger charge is 2.31. The van der Waals surface area contributed by atoms with E-state index >= 15 is 0 Å². The molecule has 34 heavy (non-hydrogen) atoms. The second-order valence-electron chi connectivity index (χ2n) is 7.64. The Bertz CT molecular complexity index is 1320. The second kappa shape index (κ2) is 9.52. The molecule has 0 spiro atoms. The summed E-state index contributed by atoms with van der Waals surface area (Å²) in [5, 5.41) is 13.8. The van der Waals surface area contributed by atoms with Gasteiger partial charge in [-0.25, -0.2) is 0 Å². The molecule has 2 aromatic carbocycles. The molecular formula is C24H22F3N5O2. The summed E-state index contributed by atoms with van der Waals surface area (Å²) in [6.07, 6.45) is -4.50. The molecule has 2 aromatic heterocycles. The number of nitrogens with zero attached hydrogens (tertiary/aromatic N) is 3. The third kappa shape index (κ3) is 5.01. The van der Waals surface area contributed by atoms with Gasteiger partial charge in [0.05, 0.1) is 29.1 Å². The number of ether oxygens (including phenoxy) is 1. The number of aryl methyl sites for hydroxylation is 1. The Morgan fingerprint density at radius 2 is 1.82 bits per heavy atom. The predicted molar refractivity (Wildman–Crippen MR) is 122 cm³/mol. The molecule has 176 valence electrons. The molecule has 0 unspecified atom stereocenters. The zero-order chi connectivity index (χ0) is 24.3. The van der Waals surface area contributed by atoms with Gasteiger partial charge in [-0.3, -0.25) is 4.79 Å². The van der Waals surface area contributed by atoms with Crippen molar-refractivity contribution in [3.05, 3.63) is 83.2 Å². The van der Waals surface area contributed by atoms with Crippen LogP contribution >= 0.6 is 0 Å². The van der Waals surface area contributed by atoms with Crippen molar-refractivity contribution in [2.75, 3.05) is 17.7 Å². The maximum absolute atomic E-state index is 13.3. The number of carbonyl (C=O) groups is 1. The van der Waals surface area contributed by atoms with E-state index in [0.717, 1.165) is 17.7 Å². The van der Waals surface area contributed by atoms with Gasteiger partial charge in [0.2, 0.25) is 0 Å². The largest absolute Gasteiger partial charge is 0.416 e. The minimum Gasteiger partial charge on any atom is -0.370 e. The minimum absolute atomic E-state index is 0.0287. The molecule has 0 atom stereocenters. The second-order valence-corrected chi connectivity index (χ2v) is 7.64. The molecule has 0 saturated heterocycles. The van der Waals surface area contributed by atoms with Crippen molar-refractivity contribution in [1.82, 2.24) is 14.8 Å². The Hall–Kier alpha value is -3.92. The monoisotopic (exact) mass is 469 g/mol. The van der Waals surface area contributed by atoms with Gasteiger partial charge in [0.1, 0.15) is 12.4 Å². The number of alkyl halides is 3. The number of nitrogens with one attached hydrogen (secondary N) is 2. The van der Waals surface area contributed by atoms with E-state index in [4.69, 9.17) is 4.74 Å². The number of aromatic nitrogens is 3. The lowest BCUT2D eigenvalue weighted by atomic mass is 10.1. The first-order valence-corrected chi connectivity index (χ1v) is 10.4. The Labute approximate surface area is 193 Å². The van der Waals surface area contributed by atoms with E-state index in [1.54, 1.807) is 24.6 Å². The fourth-order valence-corrected chi connectivity index (χ4v) is 3.56. The highest BCUT2D eigenvalue weighted by Crippen LogP contribution is 2.33. The molecule has 2 N–H and O–H groups in total. The molecule has 0 radical (unpaired) electrons. The van der Waals surface area contributed by atoms with Crippen molar-refractivity contribution < 1.29 is 22.7 Å². The van der Waals surface area contributed by atoms with Crippen LogP contribution in [-0.4, -0.2) is 27.7 Å². The maximum atomic E-state index is 13.3. The summed E-state index contributed by atoms with van der Waals surface area (Å²) in [4.78, 5) is 13.2. The fourth-order valence-electron chi connectivity index (χ4n) is 3.56. The van der Waals surface area contributed by atoms with Crippen LogP contribution < -0.4 is 10.6 Å². The molecule has 0 bridgehead atoms. The van der Waals surface area contributed by atoms with Gasteiger partial charge < -0.3 is 19.9 Å². The Balaban J connectivity index is 1.69. The number of amides is 1. The number of fused-ring (bicyclic) bond motifs is 1. The van der Waals surface area contributed by atoms with Crippen LogP contribution in [0.3, 0.4) is 0 Å². The number of benzene rings is 2. The molecule has 4 aromatic rings. The van der Waals surface area contributed by atoms with E-state index < -0.39 is 17.6 Å². The normalized spacial score (nSPS) is 11.6. The fraction of sp³-hybridized carbons (Fsp3) is 0.208. The summed E-state index contributed by atoms with van der Waals surface area (Å²) in [5.74, 6) is -0.154. The van der Waals surface area contributed by atoms with Gasteiger partial charge in [0.15, 0.2) is 5.82 Å². The Morgan fingerprint density at radius 1 is 1.06 bits per heavy atom. The van der Waals surface area contributed by atoms with Gasteiger partial charge in [-0.15, -0.1) is 5.10 Å². The summed E-state index contributed by atoms with van der Waals surface area (Å²) in [6.45, 7) is 1.98. The molecule has 10 heteroatoms. The van der Waals surface area contributed by atoms with Gasteiger partial charge in [-0.2, -0.15) is 18.3 Å².